The van der Waals surface area contributed by atoms with Gasteiger partial charge in [0.2, 0.25) is 5.82 Å². The lowest BCUT2D eigenvalue weighted by Crippen LogP contribution is -2.15. The van der Waals surface area contributed by atoms with Gasteiger partial charge < -0.3 is 14.8 Å². The Balaban J connectivity index is 0.000000281. The molecule has 0 amide bonds. The number of nitrogens with one attached hydrogen (secondary N) is 1. The van der Waals surface area contributed by atoms with E-state index in [-0.39, 0.29) is 6.54 Å². The lowest BCUT2D eigenvalue weighted by molar-refractivity contribution is 0.0577. The van der Waals surface area contributed by atoms with Gasteiger partial charge in [-0.3, -0.25) is 0 Å². The number of methoxy groups -OCH3 is 2. The number of esters is 2. The second-order valence-electron chi connectivity index (χ2n) is 6.77. The van der Waals surface area contributed by atoms with Crippen LogP contribution in [0.25, 0.3) is 0 Å². The molecular weight excluding hydrogens is 525 g/mol. The minimum Gasteiger partial charge on any atom is -0.465 e. The third-order valence-electron chi connectivity index (χ3n) is 4.56. The molecule has 0 aliphatic heterocycles. The largest absolute Gasteiger partial charge is 0.465 e. The van der Waals surface area contributed by atoms with E-state index in [2.05, 4.69) is 14.8 Å². The molecular formula is C23H14F9NO4. The van der Waals surface area contributed by atoms with Gasteiger partial charge in [-0.25, -0.2) is 49.1 Å². The van der Waals surface area contributed by atoms with Gasteiger partial charge in [0.05, 0.1) is 14.2 Å². The summed E-state index contributed by atoms with van der Waals surface area (Å²) in [6.07, 6.45) is 0. The number of anilines is 1. The second-order valence-corrected chi connectivity index (χ2v) is 6.77. The van der Waals surface area contributed by atoms with Gasteiger partial charge in [-0.2, -0.15) is 0 Å². The van der Waals surface area contributed by atoms with Crippen LogP contribution < -0.4 is 5.32 Å². The molecule has 0 aliphatic carbocycles. The van der Waals surface area contributed by atoms with Crippen LogP contribution in [0.15, 0.2) is 30.3 Å². The molecule has 0 radical (unpaired) electrons. The molecule has 198 valence electrons. The average molecular weight is 539 g/mol. The molecule has 0 saturated heterocycles. The number of carbonyl (C=O) groups is 2. The van der Waals surface area contributed by atoms with Crippen molar-refractivity contribution in [3.8, 4) is 0 Å². The molecule has 0 unspecified atom stereocenters. The quantitative estimate of drug-likeness (QED) is 0.192. The van der Waals surface area contributed by atoms with Crippen molar-refractivity contribution in [3.05, 3.63) is 99.4 Å². The summed E-state index contributed by atoms with van der Waals surface area (Å²) in [6.45, 7) is -0.0505. The van der Waals surface area contributed by atoms with Gasteiger partial charge in [-0.1, -0.05) is 30.3 Å². The summed E-state index contributed by atoms with van der Waals surface area (Å²) in [6, 6.07) is 8.47. The Morgan fingerprint density at radius 1 is 0.595 bits per heavy atom. The number of carbonyl (C=O) groups excluding carboxylic acids is 2. The van der Waals surface area contributed by atoms with Gasteiger partial charge in [0.1, 0.15) is 16.8 Å². The minimum atomic E-state index is -2.32. The zero-order chi connectivity index (χ0) is 28.0. The monoisotopic (exact) mass is 539 g/mol. The summed E-state index contributed by atoms with van der Waals surface area (Å²) in [5.41, 5.74) is -3.33. The first-order valence-electron chi connectivity index (χ1n) is 9.70. The third kappa shape index (κ3) is 5.95. The molecule has 3 aromatic carbocycles. The van der Waals surface area contributed by atoms with Crippen molar-refractivity contribution in [1.82, 2.24) is 0 Å². The molecule has 37 heavy (non-hydrogen) atoms. The summed E-state index contributed by atoms with van der Waals surface area (Å²) in [4.78, 5) is 21.9. The maximum absolute atomic E-state index is 13.9. The van der Waals surface area contributed by atoms with Crippen molar-refractivity contribution in [2.24, 2.45) is 0 Å². The predicted molar refractivity (Wildman–Crippen MR) is 109 cm³/mol. The molecule has 0 heterocycles. The molecule has 0 saturated carbocycles. The normalized spacial score (nSPS) is 10.4. The zero-order valence-corrected chi connectivity index (χ0v) is 18.6. The van der Waals surface area contributed by atoms with Crippen LogP contribution >= 0.6 is 0 Å². The molecule has 1 N–H and O–H groups in total. The Morgan fingerprint density at radius 2 is 0.946 bits per heavy atom. The molecule has 0 spiro atoms. The average Bonchev–Trinajstić information content (AvgIpc) is 2.90. The van der Waals surface area contributed by atoms with E-state index < -0.39 is 81.1 Å². The van der Waals surface area contributed by atoms with Crippen LogP contribution in [-0.4, -0.2) is 26.2 Å². The molecule has 3 aromatic rings. The van der Waals surface area contributed by atoms with E-state index in [9.17, 15) is 49.1 Å². The van der Waals surface area contributed by atoms with Crippen molar-refractivity contribution in [2.75, 3.05) is 19.5 Å². The molecule has 5 nitrogen and oxygen atoms in total. The van der Waals surface area contributed by atoms with Crippen molar-refractivity contribution >= 4 is 17.6 Å². The minimum absolute atomic E-state index is 0.0505. The molecule has 0 fully saturated rings. The van der Waals surface area contributed by atoms with Crippen molar-refractivity contribution in [1.29, 1.82) is 0 Å². The lowest BCUT2D eigenvalue weighted by atomic mass is 10.1. The van der Waals surface area contributed by atoms with E-state index in [0.29, 0.717) is 5.56 Å². The van der Waals surface area contributed by atoms with Crippen LogP contribution in [0.4, 0.5) is 45.2 Å². The SMILES string of the molecule is COC(=O)c1c(F)c(F)c(F)c(F)c1F.COC(=O)c1c(F)c(F)c(NCc2ccccc2)c(F)c1F. The fourth-order valence-electron chi connectivity index (χ4n) is 2.74. The van der Waals surface area contributed by atoms with Crippen molar-refractivity contribution < 1.29 is 58.6 Å². The summed E-state index contributed by atoms with van der Waals surface area (Å²) in [7, 11) is 1.60. The summed E-state index contributed by atoms with van der Waals surface area (Å²) < 4.78 is 126. The lowest BCUT2D eigenvalue weighted by Gasteiger charge is -2.12. The van der Waals surface area contributed by atoms with E-state index in [1.165, 1.54) is 0 Å². The first-order chi connectivity index (χ1) is 17.4. The van der Waals surface area contributed by atoms with Crippen LogP contribution in [-0.2, 0) is 16.0 Å². The second kappa shape index (κ2) is 12.1. The Hall–Kier alpha value is -4.23. The van der Waals surface area contributed by atoms with E-state index >= 15 is 0 Å². The van der Waals surface area contributed by atoms with E-state index in [1.54, 1.807) is 30.3 Å². The van der Waals surface area contributed by atoms with Crippen LogP contribution in [0, 0.1) is 52.4 Å². The van der Waals surface area contributed by atoms with Crippen LogP contribution in [0.5, 0.6) is 0 Å². The highest BCUT2D eigenvalue weighted by Gasteiger charge is 2.31. The van der Waals surface area contributed by atoms with Crippen LogP contribution in [0.2, 0.25) is 0 Å². The maximum Gasteiger partial charge on any atom is 0.344 e. The van der Waals surface area contributed by atoms with Gasteiger partial charge in [0.25, 0.3) is 0 Å². The van der Waals surface area contributed by atoms with Gasteiger partial charge in [-0.15, -0.1) is 0 Å². The molecule has 0 atom stereocenters. The molecule has 14 heteroatoms. The fourth-order valence-corrected chi connectivity index (χ4v) is 2.74. The van der Waals surface area contributed by atoms with Gasteiger partial charge >= 0.3 is 11.9 Å². The standard InChI is InChI=1S/C15H11F4NO2.C8H3F5O2/c1-22-15(21)9-10(16)12(18)14(13(19)11(9)17)20-7-8-5-3-2-4-6-8;1-15-8(14)2-3(9)5(11)7(13)6(12)4(2)10/h2-6,20H,7H2,1H3;1H3. The van der Waals surface area contributed by atoms with Gasteiger partial charge in [0.15, 0.2) is 46.5 Å². The molecule has 0 bridgehead atoms. The Morgan fingerprint density at radius 3 is 1.32 bits per heavy atom. The molecule has 3 rings (SSSR count). The highest BCUT2D eigenvalue weighted by Crippen LogP contribution is 2.29. The fraction of sp³-hybridized carbons (Fsp3) is 0.130. The zero-order valence-electron chi connectivity index (χ0n) is 18.6. The number of halogens is 9. The Bertz CT molecular complexity index is 1280. The Labute approximate surface area is 202 Å². The first kappa shape index (κ1) is 29.0. The predicted octanol–water partition coefficient (Wildman–Crippen LogP) is 5.81. The van der Waals surface area contributed by atoms with Crippen molar-refractivity contribution in [3.63, 3.8) is 0 Å². The highest BCUT2D eigenvalue weighted by molar-refractivity contribution is 5.91. The summed E-state index contributed by atoms with van der Waals surface area (Å²) >= 11 is 0. The summed E-state index contributed by atoms with van der Waals surface area (Å²) in [5.74, 6) is -21.2. The highest BCUT2D eigenvalue weighted by atomic mass is 19.2. The number of rotatable bonds is 5. The van der Waals surface area contributed by atoms with Crippen LogP contribution in [0.1, 0.15) is 26.3 Å². The smallest absolute Gasteiger partial charge is 0.344 e. The van der Waals surface area contributed by atoms with E-state index in [4.69, 9.17) is 0 Å². The first-order valence-corrected chi connectivity index (χ1v) is 9.70. The van der Waals surface area contributed by atoms with Gasteiger partial charge in [0, 0.05) is 6.54 Å². The maximum atomic E-state index is 13.9. The number of hydrogen-bond acceptors (Lipinski definition) is 5. The molecule has 0 aromatic heterocycles. The number of benzene rings is 3. The molecule has 0 aliphatic rings. The van der Waals surface area contributed by atoms with Crippen molar-refractivity contribution in [2.45, 2.75) is 6.54 Å². The van der Waals surface area contributed by atoms with Gasteiger partial charge in [-0.05, 0) is 5.56 Å². The third-order valence-corrected chi connectivity index (χ3v) is 4.56. The van der Waals surface area contributed by atoms with E-state index in [1.807, 2.05) is 0 Å². The summed E-state index contributed by atoms with van der Waals surface area (Å²) in [5, 5.41) is 2.28. The topological polar surface area (TPSA) is 64.6 Å². The van der Waals surface area contributed by atoms with Crippen LogP contribution in [0.3, 0.4) is 0 Å². The number of hydrogen-bond donors (Lipinski definition) is 1. The van der Waals surface area contributed by atoms with E-state index in [0.717, 1.165) is 14.2 Å². The Kier molecular flexibility index (Phi) is 9.52. The number of ether oxygens (including phenoxy) is 2.